The fraction of sp³-hybridized carbons (Fsp3) is 0.571. The molecule has 0 amide bonds. The molecular formula is C7H10N2O2. The fourth-order valence-corrected chi connectivity index (χ4v) is 0.899. The highest BCUT2D eigenvalue weighted by molar-refractivity contribution is 5.78. The average molecular weight is 154 g/mol. The molecule has 0 aliphatic carbocycles. The average Bonchev–Trinajstić information content (AvgIpc) is 2.05. The van der Waals surface area contributed by atoms with Gasteiger partial charge in [0.15, 0.2) is 0 Å². The molecule has 1 rings (SSSR count). The van der Waals surface area contributed by atoms with Crippen LogP contribution in [-0.2, 0) is 4.79 Å². The molecule has 0 saturated carbocycles. The molecule has 0 fully saturated rings. The second-order valence-corrected chi connectivity index (χ2v) is 2.53. The van der Waals surface area contributed by atoms with Gasteiger partial charge in [0.2, 0.25) is 0 Å². The molecule has 1 heterocycles. The van der Waals surface area contributed by atoms with Crippen molar-refractivity contribution in [2.45, 2.75) is 19.4 Å². The zero-order valence-electron chi connectivity index (χ0n) is 6.27. The maximum Gasteiger partial charge on any atom is 0.308 e. The molecular weight excluding hydrogens is 144 g/mol. The van der Waals surface area contributed by atoms with Crippen molar-refractivity contribution in [3.8, 4) is 0 Å². The summed E-state index contributed by atoms with van der Waals surface area (Å²) in [7, 11) is 0. The standard InChI is InChI=1S/C7H10N2O2/c1-5(7(10)11)6-2-3-8-4-9-6/h3-6H,2H2,1H3,(H,10,11). The van der Waals surface area contributed by atoms with Crippen molar-refractivity contribution in [2.75, 3.05) is 0 Å². The Kier molecular flexibility index (Phi) is 2.36. The number of hydrogen-bond acceptors (Lipinski definition) is 3. The predicted octanol–water partition coefficient (Wildman–Crippen LogP) is 0.579. The third-order valence-corrected chi connectivity index (χ3v) is 1.74. The summed E-state index contributed by atoms with van der Waals surface area (Å²) < 4.78 is 0. The van der Waals surface area contributed by atoms with Gasteiger partial charge >= 0.3 is 5.97 Å². The van der Waals surface area contributed by atoms with Crippen LogP contribution in [0.15, 0.2) is 9.98 Å². The van der Waals surface area contributed by atoms with E-state index in [4.69, 9.17) is 5.11 Å². The van der Waals surface area contributed by atoms with Crippen LogP contribution in [0.25, 0.3) is 0 Å². The zero-order chi connectivity index (χ0) is 8.27. The maximum atomic E-state index is 10.5. The van der Waals surface area contributed by atoms with Crippen molar-refractivity contribution >= 4 is 18.5 Å². The molecule has 4 heteroatoms. The van der Waals surface area contributed by atoms with Gasteiger partial charge in [0.25, 0.3) is 0 Å². The van der Waals surface area contributed by atoms with E-state index in [0.29, 0.717) is 6.42 Å². The van der Waals surface area contributed by atoms with Crippen molar-refractivity contribution < 1.29 is 9.90 Å². The molecule has 60 valence electrons. The lowest BCUT2D eigenvalue weighted by atomic mass is 10.00. The summed E-state index contributed by atoms with van der Waals surface area (Å²) in [6.45, 7) is 1.66. The molecule has 0 saturated heterocycles. The summed E-state index contributed by atoms with van der Waals surface area (Å²) in [6, 6.07) is -0.134. The number of aliphatic imine (C=N–C) groups is 2. The van der Waals surface area contributed by atoms with E-state index in [0.717, 1.165) is 0 Å². The molecule has 1 aliphatic heterocycles. The van der Waals surface area contributed by atoms with Gasteiger partial charge in [0.1, 0.15) is 6.34 Å². The summed E-state index contributed by atoms with van der Waals surface area (Å²) in [5, 5.41) is 8.62. The lowest BCUT2D eigenvalue weighted by Gasteiger charge is -2.15. The van der Waals surface area contributed by atoms with Crippen molar-refractivity contribution in [1.29, 1.82) is 0 Å². The predicted molar refractivity (Wildman–Crippen MR) is 42.2 cm³/mol. The number of carbonyl (C=O) groups is 1. The summed E-state index contributed by atoms with van der Waals surface area (Å²) in [6.07, 6.45) is 3.73. The van der Waals surface area contributed by atoms with Crippen LogP contribution in [0.4, 0.5) is 0 Å². The number of rotatable bonds is 2. The van der Waals surface area contributed by atoms with Crippen molar-refractivity contribution in [1.82, 2.24) is 0 Å². The second kappa shape index (κ2) is 3.27. The van der Waals surface area contributed by atoms with E-state index in [1.54, 1.807) is 13.1 Å². The Hall–Kier alpha value is -1.19. The molecule has 4 nitrogen and oxygen atoms in total. The topological polar surface area (TPSA) is 62.0 Å². The van der Waals surface area contributed by atoms with Crippen LogP contribution in [0.1, 0.15) is 13.3 Å². The van der Waals surface area contributed by atoms with Crippen LogP contribution in [0.2, 0.25) is 0 Å². The quantitative estimate of drug-likeness (QED) is 0.632. The van der Waals surface area contributed by atoms with E-state index in [1.165, 1.54) is 6.34 Å². The Labute approximate surface area is 64.7 Å². The number of carboxylic acid groups (broad SMARTS) is 1. The number of aliphatic carboxylic acids is 1. The molecule has 2 atom stereocenters. The maximum absolute atomic E-state index is 10.5. The highest BCUT2D eigenvalue weighted by Crippen LogP contribution is 2.11. The number of hydrogen-bond donors (Lipinski definition) is 1. The minimum Gasteiger partial charge on any atom is -0.481 e. The van der Waals surface area contributed by atoms with E-state index in [9.17, 15) is 4.79 Å². The van der Waals surface area contributed by atoms with Gasteiger partial charge in [-0.25, -0.2) is 4.99 Å². The third kappa shape index (κ3) is 1.86. The van der Waals surface area contributed by atoms with Gasteiger partial charge in [-0.2, -0.15) is 0 Å². The minimum absolute atomic E-state index is 0.134. The monoisotopic (exact) mass is 154 g/mol. The number of carboxylic acids is 1. The van der Waals surface area contributed by atoms with Crippen LogP contribution in [0, 0.1) is 5.92 Å². The second-order valence-electron chi connectivity index (χ2n) is 2.53. The lowest BCUT2D eigenvalue weighted by Crippen LogP contribution is -2.25. The van der Waals surface area contributed by atoms with Crippen molar-refractivity contribution in [2.24, 2.45) is 15.9 Å². The van der Waals surface area contributed by atoms with E-state index in [1.807, 2.05) is 0 Å². The molecule has 11 heavy (non-hydrogen) atoms. The smallest absolute Gasteiger partial charge is 0.308 e. The zero-order valence-corrected chi connectivity index (χ0v) is 6.27. The van der Waals surface area contributed by atoms with Gasteiger partial charge in [0.05, 0.1) is 12.0 Å². The largest absolute Gasteiger partial charge is 0.481 e. The summed E-state index contributed by atoms with van der Waals surface area (Å²) in [4.78, 5) is 18.2. The minimum atomic E-state index is -0.803. The van der Waals surface area contributed by atoms with Gasteiger partial charge in [-0.3, -0.25) is 9.79 Å². The summed E-state index contributed by atoms with van der Waals surface area (Å²) >= 11 is 0. The normalized spacial score (nSPS) is 25.0. The highest BCUT2D eigenvalue weighted by atomic mass is 16.4. The first-order valence-electron chi connectivity index (χ1n) is 3.48. The first-order chi connectivity index (χ1) is 5.22. The Morgan fingerprint density at radius 3 is 3.00 bits per heavy atom. The number of nitrogens with zero attached hydrogens (tertiary/aromatic N) is 2. The molecule has 0 aromatic rings. The van der Waals surface area contributed by atoms with Crippen LogP contribution in [-0.4, -0.2) is 29.7 Å². The van der Waals surface area contributed by atoms with Crippen LogP contribution < -0.4 is 0 Å². The first kappa shape index (κ1) is 7.91. The van der Waals surface area contributed by atoms with Crippen molar-refractivity contribution in [3.05, 3.63) is 0 Å². The molecule has 0 aromatic heterocycles. The molecule has 2 unspecified atom stereocenters. The summed E-state index contributed by atoms with van der Waals surface area (Å²) in [5.74, 6) is -1.22. The van der Waals surface area contributed by atoms with Gasteiger partial charge in [0, 0.05) is 12.6 Å². The Morgan fingerprint density at radius 2 is 2.55 bits per heavy atom. The van der Waals surface area contributed by atoms with E-state index < -0.39 is 11.9 Å². The molecule has 0 spiro atoms. The van der Waals surface area contributed by atoms with Gasteiger partial charge in [-0.1, -0.05) is 0 Å². The molecule has 0 bridgehead atoms. The SMILES string of the molecule is CC(C(=O)O)C1CC=NC=N1. The molecule has 1 aliphatic rings. The third-order valence-electron chi connectivity index (χ3n) is 1.74. The van der Waals surface area contributed by atoms with E-state index >= 15 is 0 Å². The van der Waals surface area contributed by atoms with Crippen molar-refractivity contribution in [3.63, 3.8) is 0 Å². The van der Waals surface area contributed by atoms with Gasteiger partial charge in [-0.15, -0.1) is 0 Å². The lowest BCUT2D eigenvalue weighted by molar-refractivity contribution is -0.141. The molecule has 1 N–H and O–H groups in total. The highest BCUT2D eigenvalue weighted by Gasteiger charge is 2.22. The Balaban J connectivity index is 2.55. The molecule has 0 radical (unpaired) electrons. The van der Waals surface area contributed by atoms with Gasteiger partial charge in [-0.05, 0) is 6.92 Å². The fourth-order valence-electron chi connectivity index (χ4n) is 0.899. The molecule has 0 aromatic carbocycles. The van der Waals surface area contributed by atoms with E-state index in [2.05, 4.69) is 9.98 Å². The van der Waals surface area contributed by atoms with E-state index in [-0.39, 0.29) is 6.04 Å². The summed E-state index contributed by atoms with van der Waals surface area (Å²) in [5.41, 5.74) is 0. The van der Waals surface area contributed by atoms with Crippen LogP contribution >= 0.6 is 0 Å². The van der Waals surface area contributed by atoms with Gasteiger partial charge < -0.3 is 5.11 Å². The first-order valence-corrected chi connectivity index (χ1v) is 3.48. The Morgan fingerprint density at radius 1 is 1.82 bits per heavy atom. The Bertz CT molecular complexity index is 210. The van der Waals surface area contributed by atoms with Crippen LogP contribution in [0.5, 0.6) is 0 Å². The van der Waals surface area contributed by atoms with Crippen LogP contribution in [0.3, 0.4) is 0 Å².